The second kappa shape index (κ2) is 13.1. The summed E-state index contributed by atoms with van der Waals surface area (Å²) in [7, 11) is -4.01. The van der Waals surface area contributed by atoms with Crippen molar-refractivity contribution >= 4 is 21.6 Å². The van der Waals surface area contributed by atoms with Gasteiger partial charge in [-0.25, -0.2) is 8.42 Å². The number of ether oxygens (including phenoxy) is 2. The van der Waals surface area contributed by atoms with Crippen LogP contribution in [-0.4, -0.2) is 40.1 Å². The largest absolute Gasteiger partial charge is 0.492 e. The first-order valence-corrected chi connectivity index (χ1v) is 14.0. The van der Waals surface area contributed by atoms with Crippen molar-refractivity contribution in [2.75, 3.05) is 24.0 Å². The van der Waals surface area contributed by atoms with Crippen molar-refractivity contribution in [3.8, 4) is 11.5 Å². The number of anilines is 1. The highest BCUT2D eigenvalue weighted by Gasteiger charge is 2.29. The predicted molar refractivity (Wildman–Crippen MR) is 147 cm³/mol. The van der Waals surface area contributed by atoms with Crippen LogP contribution in [0.15, 0.2) is 77.7 Å². The fraction of sp³-hybridized carbons (Fsp3) is 0.345. The van der Waals surface area contributed by atoms with Crippen LogP contribution in [0.4, 0.5) is 5.69 Å². The van der Waals surface area contributed by atoms with Crippen molar-refractivity contribution in [2.45, 2.75) is 51.5 Å². The molecule has 37 heavy (non-hydrogen) atoms. The first kappa shape index (κ1) is 28.1. The highest BCUT2D eigenvalue weighted by Crippen LogP contribution is 2.32. The van der Waals surface area contributed by atoms with Crippen LogP contribution in [0.2, 0.25) is 0 Å². The maximum absolute atomic E-state index is 13.6. The Morgan fingerprint density at radius 3 is 2.30 bits per heavy atom. The summed E-state index contributed by atoms with van der Waals surface area (Å²) < 4.78 is 39.7. The summed E-state index contributed by atoms with van der Waals surface area (Å²) in [5.41, 5.74) is 2.41. The Balaban J connectivity index is 1.69. The van der Waals surface area contributed by atoms with Gasteiger partial charge in [-0.05, 0) is 82.5 Å². The van der Waals surface area contributed by atoms with Gasteiger partial charge in [-0.1, -0.05) is 42.0 Å². The molecule has 0 aromatic heterocycles. The molecule has 0 saturated heterocycles. The average Bonchev–Trinajstić information content (AvgIpc) is 2.87. The van der Waals surface area contributed by atoms with E-state index in [-0.39, 0.29) is 23.5 Å². The second-order valence-electron chi connectivity index (χ2n) is 8.99. The van der Waals surface area contributed by atoms with Crippen LogP contribution in [-0.2, 0) is 21.2 Å². The Labute approximate surface area is 220 Å². The molecule has 0 aliphatic carbocycles. The Hall–Kier alpha value is -3.52. The molecule has 0 heterocycles. The van der Waals surface area contributed by atoms with Gasteiger partial charge in [0.1, 0.15) is 18.0 Å². The normalized spacial score (nSPS) is 11.3. The van der Waals surface area contributed by atoms with E-state index in [4.69, 9.17) is 9.47 Å². The van der Waals surface area contributed by atoms with Crippen LogP contribution >= 0.6 is 0 Å². The van der Waals surface area contributed by atoms with Gasteiger partial charge in [0, 0.05) is 6.54 Å². The van der Waals surface area contributed by atoms with Gasteiger partial charge in [-0.2, -0.15) is 0 Å². The number of hydrogen-bond acceptors (Lipinski definition) is 5. The number of nitrogens with zero attached hydrogens (tertiary/aromatic N) is 1. The fourth-order valence-electron chi connectivity index (χ4n) is 3.79. The van der Waals surface area contributed by atoms with Gasteiger partial charge in [0.2, 0.25) is 5.91 Å². The number of carbonyl (C=O) groups is 1. The number of sulfonamides is 1. The third-order valence-corrected chi connectivity index (χ3v) is 7.36. The van der Waals surface area contributed by atoms with Gasteiger partial charge >= 0.3 is 0 Å². The molecule has 3 rings (SSSR count). The molecule has 8 heteroatoms. The van der Waals surface area contributed by atoms with E-state index in [0.29, 0.717) is 24.6 Å². The molecule has 3 aromatic carbocycles. The van der Waals surface area contributed by atoms with Gasteiger partial charge in [0.25, 0.3) is 10.0 Å². The number of benzene rings is 3. The number of nitrogens with one attached hydrogen (secondary N) is 1. The molecule has 0 fully saturated rings. The number of amides is 1. The Morgan fingerprint density at radius 2 is 1.65 bits per heavy atom. The van der Waals surface area contributed by atoms with Gasteiger partial charge in [0.05, 0.1) is 23.3 Å². The molecular weight excluding hydrogens is 488 g/mol. The van der Waals surface area contributed by atoms with Crippen molar-refractivity contribution in [1.82, 2.24) is 5.32 Å². The van der Waals surface area contributed by atoms with E-state index in [0.717, 1.165) is 34.0 Å². The third kappa shape index (κ3) is 7.98. The van der Waals surface area contributed by atoms with Crippen LogP contribution < -0.4 is 19.1 Å². The molecule has 198 valence electrons. The Kier molecular flexibility index (Phi) is 9.97. The van der Waals surface area contributed by atoms with E-state index >= 15 is 0 Å². The lowest BCUT2D eigenvalue weighted by Crippen LogP contribution is -2.41. The maximum Gasteiger partial charge on any atom is 0.264 e. The zero-order chi connectivity index (χ0) is 26.8. The topological polar surface area (TPSA) is 84.9 Å². The molecule has 0 aliphatic rings. The van der Waals surface area contributed by atoms with Crippen LogP contribution in [0.1, 0.15) is 38.3 Å². The van der Waals surface area contributed by atoms with Crippen LogP contribution in [0, 0.1) is 6.92 Å². The molecule has 3 aromatic rings. The lowest BCUT2D eigenvalue weighted by atomic mass is 10.1. The van der Waals surface area contributed by atoms with E-state index < -0.39 is 10.0 Å². The molecule has 0 atom stereocenters. The average molecular weight is 525 g/mol. The highest BCUT2D eigenvalue weighted by atomic mass is 32.2. The highest BCUT2D eigenvalue weighted by molar-refractivity contribution is 7.92. The van der Waals surface area contributed by atoms with E-state index in [9.17, 15) is 13.2 Å². The molecule has 1 N–H and O–H groups in total. The Bertz CT molecular complexity index is 1260. The number of rotatable bonds is 13. The standard InChI is InChI=1S/C29H36N2O5S/c1-5-35-28-11-7-6-10-27(28)31(37(33,34)26-18-12-23(4)13-19-26)21-29(32)30-20-8-9-24-14-16-25(17-15-24)36-22(2)3/h6-7,10-19,22H,5,8-9,20-21H2,1-4H3,(H,30,32). The van der Waals surface area contributed by atoms with E-state index in [2.05, 4.69) is 5.32 Å². The van der Waals surface area contributed by atoms with Gasteiger partial charge < -0.3 is 14.8 Å². The van der Waals surface area contributed by atoms with Gasteiger partial charge in [0.15, 0.2) is 0 Å². The molecule has 0 saturated carbocycles. The summed E-state index contributed by atoms with van der Waals surface area (Å²) in [6, 6.07) is 21.3. The summed E-state index contributed by atoms with van der Waals surface area (Å²) in [4.78, 5) is 13.0. The summed E-state index contributed by atoms with van der Waals surface area (Å²) in [6.45, 7) is 8.12. The maximum atomic E-state index is 13.6. The summed E-state index contributed by atoms with van der Waals surface area (Å²) in [5.74, 6) is 0.843. The van der Waals surface area contributed by atoms with Crippen LogP contribution in [0.3, 0.4) is 0 Å². The van der Waals surface area contributed by atoms with Crippen LogP contribution in [0.25, 0.3) is 0 Å². The van der Waals surface area contributed by atoms with Gasteiger partial charge in [-0.15, -0.1) is 0 Å². The quantitative estimate of drug-likeness (QED) is 0.314. The minimum absolute atomic E-state index is 0.113. The zero-order valence-electron chi connectivity index (χ0n) is 21.9. The van der Waals surface area contributed by atoms with Crippen molar-refractivity contribution in [2.24, 2.45) is 0 Å². The molecule has 0 spiro atoms. The van der Waals surface area contributed by atoms with Crippen molar-refractivity contribution in [1.29, 1.82) is 0 Å². The van der Waals surface area contributed by atoms with Crippen molar-refractivity contribution < 1.29 is 22.7 Å². The van der Waals surface area contributed by atoms with E-state index in [1.165, 1.54) is 0 Å². The van der Waals surface area contributed by atoms with E-state index in [1.807, 2.05) is 52.0 Å². The van der Waals surface area contributed by atoms with Crippen molar-refractivity contribution in [3.05, 3.63) is 83.9 Å². The number of para-hydroxylation sites is 2. The molecule has 0 unspecified atom stereocenters. The summed E-state index contributed by atoms with van der Waals surface area (Å²) >= 11 is 0. The lowest BCUT2D eigenvalue weighted by Gasteiger charge is -2.26. The SMILES string of the molecule is CCOc1ccccc1N(CC(=O)NCCCc1ccc(OC(C)C)cc1)S(=O)(=O)c1ccc(C)cc1. The zero-order valence-corrected chi connectivity index (χ0v) is 22.8. The van der Waals surface area contributed by atoms with Crippen molar-refractivity contribution in [3.63, 3.8) is 0 Å². The third-order valence-electron chi connectivity index (χ3n) is 5.59. The van der Waals surface area contributed by atoms with E-state index in [1.54, 1.807) is 48.5 Å². The monoisotopic (exact) mass is 524 g/mol. The molecule has 0 bridgehead atoms. The first-order chi connectivity index (χ1) is 17.7. The Morgan fingerprint density at radius 1 is 0.973 bits per heavy atom. The smallest absolute Gasteiger partial charge is 0.264 e. The fourth-order valence-corrected chi connectivity index (χ4v) is 5.22. The molecule has 0 radical (unpaired) electrons. The second-order valence-corrected chi connectivity index (χ2v) is 10.9. The molecule has 0 aliphatic heterocycles. The predicted octanol–water partition coefficient (Wildman–Crippen LogP) is 5.13. The molecular formula is C29H36N2O5S. The summed E-state index contributed by atoms with van der Waals surface area (Å²) in [6.07, 6.45) is 1.62. The number of aryl methyl sites for hydroxylation is 2. The minimum Gasteiger partial charge on any atom is -0.492 e. The first-order valence-electron chi connectivity index (χ1n) is 12.5. The lowest BCUT2D eigenvalue weighted by molar-refractivity contribution is -0.119. The molecule has 1 amide bonds. The number of hydrogen-bond donors (Lipinski definition) is 1. The van der Waals surface area contributed by atoms with Crippen LogP contribution in [0.5, 0.6) is 11.5 Å². The molecule has 7 nitrogen and oxygen atoms in total. The minimum atomic E-state index is -4.01. The summed E-state index contributed by atoms with van der Waals surface area (Å²) in [5, 5.41) is 2.86. The number of carbonyl (C=O) groups excluding carboxylic acids is 1. The van der Waals surface area contributed by atoms with Gasteiger partial charge in [-0.3, -0.25) is 9.10 Å².